The molecule has 2 atom stereocenters. The first kappa shape index (κ1) is 16.8. The largest absolute Gasteiger partial charge is 0.484 e. The summed E-state index contributed by atoms with van der Waals surface area (Å²) >= 11 is 5.91. The van der Waals surface area contributed by atoms with Crippen molar-refractivity contribution in [2.45, 2.75) is 33.3 Å². The summed E-state index contributed by atoms with van der Waals surface area (Å²) < 4.78 is 5.40. The van der Waals surface area contributed by atoms with Crippen LogP contribution >= 0.6 is 11.6 Å². The van der Waals surface area contributed by atoms with Gasteiger partial charge < -0.3 is 15.2 Å². The van der Waals surface area contributed by atoms with Crippen LogP contribution in [-0.4, -0.2) is 30.3 Å². The van der Waals surface area contributed by atoms with Gasteiger partial charge in [0.1, 0.15) is 5.75 Å². The second-order valence-electron chi connectivity index (χ2n) is 5.19. The molecule has 5 heteroatoms. The molecule has 0 fully saturated rings. The van der Waals surface area contributed by atoms with Crippen LogP contribution in [0.1, 0.15) is 25.8 Å². The molecule has 2 N–H and O–H groups in total. The lowest BCUT2D eigenvalue weighted by Crippen LogP contribution is -2.33. The fraction of sp³-hybridized carbons (Fsp3) is 0.533. The molecule has 0 spiro atoms. The number of aryl methyl sites for hydroxylation is 1. The monoisotopic (exact) mass is 299 g/mol. The van der Waals surface area contributed by atoms with Crippen molar-refractivity contribution in [2.24, 2.45) is 5.92 Å². The highest BCUT2D eigenvalue weighted by atomic mass is 35.5. The number of benzene rings is 1. The molecule has 2 unspecified atom stereocenters. The molecule has 112 valence electrons. The average Bonchev–Trinajstić information content (AvgIpc) is 2.37. The Morgan fingerprint density at radius 3 is 2.75 bits per heavy atom. The molecular formula is C15H22ClNO3. The lowest BCUT2D eigenvalue weighted by atomic mass is 10.1. The Bertz CT molecular complexity index is 449. The van der Waals surface area contributed by atoms with Crippen molar-refractivity contribution in [2.75, 3.05) is 13.2 Å². The van der Waals surface area contributed by atoms with Crippen molar-refractivity contribution in [3.63, 3.8) is 0 Å². The standard InChI is InChI=1S/C15H22ClNO3/c1-10(6-12(3)18)8-17-15(19)9-20-13-4-5-14(16)11(2)7-13/h4-5,7,10,12,18H,6,8-9H2,1-3H3,(H,17,19). The van der Waals surface area contributed by atoms with Crippen molar-refractivity contribution in [1.29, 1.82) is 0 Å². The third kappa shape index (κ3) is 6.26. The van der Waals surface area contributed by atoms with Gasteiger partial charge in [-0.15, -0.1) is 0 Å². The maximum absolute atomic E-state index is 11.6. The molecule has 0 bridgehead atoms. The van der Waals surface area contributed by atoms with E-state index < -0.39 is 0 Å². The van der Waals surface area contributed by atoms with E-state index in [0.717, 1.165) is 5.56 Å². The Morgan fingerprint density at radius 2 is 2.15 bits per heavy atom. The molecular weight excluding hydrogens is 278 g/mol. The van der Waals surface area contributed by atoms with Crippen molar-refractivity contribution in [3.8, 4) is 5.75 Å². The van der Waals surface area contributed by atoms with Crippen LogP contribution < -0.4 is 10.1 Å². The van der Waals surface area contributed by atoms with Gasteiger partial charge in [0.05, 0.1) is 6.10 Å². The smallest absolute Gasteiger partial charge is 0.257 e. The third-order valence-corrected chi connectivity index (χ3v) is 3.31. The molecule has 1 amide bonds. The van der Waals surface area contributed by atoms with Crippen molar-refractivity contribution >= 4 is 17.5 Å². The zero-order valence-corrected chi connectivity index (χ0v) is 12.9. The predicted octanol–water partition coefficient (Wildman–Crippen LogP) is 2.55. The lowest BCUT2D eigenvalue weighted by Gasteiger charge is -2.14. The fourth-order valence-corrected chi connectivity index (χ4v) is 1.98. The lowest BCUT2D eigenvalue weighted by molar-refractivity contribution is -0.123. The van der Waals surface area contributed by atoms with E-state index in [0.29, 0.717) is 23.7 Å². The number of carbonyl (C=O) groups is 1. The van der Waals surface area contributed by atoms with Crippen LogP contribution in [0.5, 0.6) is 5.75 Å². The summed E-state index contributed by atoms with van der Waals surface area (Å²) in [6, 6.07) is 5.28. The maximum Gasteiger partial charge on any atom is 0.257 e. The van der Waals surface area contributed by atoms with E-state index in [1.807, 2.05) is 13.8 Å². The molecule has 0 aliphatic heterocycles. The highest BCUT2D eigenvalue weighted by molar-refractivity contribution is 6.31. The van der Waals surface area contributed by atoms with E-state index in [9.17, 15) is 9.90 Å². The van der Waals surface area contributed by atoms with Gasteiger partial charge in [0.15, 0.2) is 6.61 Å². The minimum atomic E-state index is -0.352. The Balaban J connectivity index is 2.31. The van der Waals surface area contributed by atoms with Gasteiger partial charge in [-0.3, -0.25) is 4.79 Å². The summed E-state index contributed by atoms with van der Waals surface area (Å²) in [5.74, 6) is 0.686. The van der Waals surface area contributed by atoms with Crippen LogP contribution in [0.4, 0.5) is 0 Å². The van der Waals surface area contributed by atoms with Gasteiger partial charge in [-0.2, -0.15) is 0 Å². The molecule has 0 radical (unpaired) electrons. The zero-order valence-electron chi connectivity index (χ0n) is 12.1. The highest BCUT2D eigenvalue weighted by Crippen LogP contribution is 2.20. The maximum atomic E-state index is 11.6. The van der Waals surface area contributed by atoms with Gasteiger partial charge in [-0.05, 0) is 49.9 Å². The second-order valence-corrected chi connectivity index (χ2v) is 5.60. The van der Waals surface area contributed by atoms with Gasteiger partial charge in [0.2, 0.25) is 0 Å². The van der Waals surface area contributed by atoms with E-state index in [1.54, 1.807) is 25.1 Å². The fourth-order valence-electron chi connectivity index (χ4n) is 1.86. The summed E-state index contributed by atoms with van der Waals surface area (Å²) in [7, 11) is 0. The minimum Gasteiger partial charge on any atom is -0.484 e. The topological polar surface area (TPSA) is 58.6 Å². The first-order chi connectivity index (χ1) is 9.38. The summed E-state index contributed by atoms with van der Waals surface area (Å²) in [4.78, 5) is 11.6. The normalized spacial score (nSPS) is 13.7. The number of rotatable bonds is 7. The summed E-state index contributed by atoms with van der Waals surface area (Å²) in [6.07, 6.45) is 0.313. The molecule has 4 nitrogen and oxygen atoms in total. The molecule has 1 aromatic rings. The quantitative estimate of drug-likeness (QED) is 0.813. The van der Waals surface area contributed by atoms with Crippen LogP contribution in [-0.2, 0) is 4.79 Å². The molecule has 1 rings (SSSR count). The van der Waals surface area contributed by atoms with Crippen molar-refractivity contribution in [3.05, 3.63) is 28.8 Å². The Morgan fingerprint density at radius 1 is 1.45 bits per heavy atom. The molecule has 0 saturated carbocycles. The highest BCUT2D eigenvalue weighted by Gasteiger charge is 2.09. The summed E-state index contributed by atoms with van der Waals surface area (Å²) in [6.45, 7) is 6.11. The Kier molecular flexibility index (Phi) is 6.82. The van der Waals surface area contributed by atoms with E-state index in [2.05, 4.69) is 5.32 Å². The predicted molar refractivity (Wildman–Crippen MR) is 80.2 cm³/mol. The van der Waals surface area contributed by atoms with Gasteiger partial charge in [0.25, 0.3) is 5.91 Å². The Labute approximate surface area is 125 Å². The van der Waals surface area contributed by atoms with Crippen LogP contribution in [0.15, 0.2) is 18.2 Å². The van der Waals surface area contributed by atoms with Gasteiger partial charge in [0, 0.05) is 11.6 Å². The van der Waals surface area contributed by atoms with Crippen LogP contribution in [0.25, 0.3) is 0 Å². The first-order valence-corrected chi connectivity index (χ1v) is 7.10. The summed E-state index contributed by atoms with van der Waals surface area (Å²) in [5, 5.41) is 12.7. The van der Waals surface area contributed by atoms with Gasteiger partial charge in [-0.25, -0.2) is 0 Å². The second kappa shape index (κ2) is 8.12. The van der Waals surface area contributed by atoms with E-state index in [1.165, 1.54) is 0 Å². The number of nitrogens with one attached hydrogen (secondary N) is 1. The number of aliphatic hydroxyl groups is 1. The van der Waals surface area contributed by atoms with Crippen LogP contribution in [0, 0.1) is 12.8 Å². The Hall–Kier alpha value is -1.26. The number of halogens is 1. The van der Waals surface area contributed by atoms with E-state index in [4.69, 9.17) is 16.3 Å². The van der Waals surface area contributed by atoms with Gasteiger partial charge in [-0.1, -0.05) is 18.5 Å². The molecule has 0 aliphatic rings. The molecule has 1 aromatic carbocycles. The van der Waals surface area contributed by atoms with Crippen LogP contribution in [0.2, 0.25) is 5.02 Å². The zero-order chi connectivity index (χ0) is 15.1. The summed E-state index contributed by atoms with van der Waals surface area (Å²) in [5.41, 5.74) is 0.912. The first-order valence-electron chi connectivity index (χ1n) is 6.72. The molecule has 0 saturated heterocycles. The average molecular weight is 300 g/mol. The van der Waals surface area contributed by atoms with Crippen molar-refractivity contribution in [1.82, 2.24) is 5.32 Å². The number of amides is 1. The SMILES string of the molecule is Cc1cc(OCC(=O)NCC(C)CC(C)O)ccc1Cl. The molecule has 0 aliphatic carbocycles. The van der Waals surface area contributed by atoms with E-state index >= 15 is 0 Å². The number of ether oxygens (including phenoxy) is 1. The third-order valence-electron chi connectivity index (χ3n) is 2.89. The number of hydrogen-bond acceptors (Lipinski definition) is 3. The molecule has 0 aromatic heterocycles. The van der Waals surface area contributed by atoms with Gasteiger partial charge >= 0.3 is 0 Å². The number of carbonyl (C=O) groups excluding carboxylic acids is 1. The number of aliphatic hydroxyl groups excluding tert-OH is 1. The number of hydrogen-bond donors (Lipinski definition) is 2. The van der Waals surface area contributed by atoms with Crippen LogP contribution in [0.3, 0.4) is 0 Å². The van der Waals surface area contributed by atoms with Crippen molar-refractivity contribution < 1.29 is 14.6 Å². The van der Waals surface area contributed by atoms with E-state index in [-0.39, 0.29) is 24.5 Å². The molecule has 20 heavy (non-hydrogen) atoms. The molecule has 0 heterocycles. The minimum absolute atomic E-state index is 0.0253.